The number of benzene rings is 5. The highest BCUT2D eigenvalue weighted by atomic mass is 28.3. The molecule has 0 spiro atoms. The molecule has 5 aromatic rings. The summed E-state index contributed by atoms with van der Waals surface area (Å²) in [7, 11) is 5.00. The Morgan fingerprint density at radius 2 is 1.42 bits per heavy atom. The molecule has 0 aromatic heterocycles. The molecule has 1 fully saturated rings. The number of carbonyl (C=O) groups excluding carboxylic acids is 3. The highest BCUT2D eigenvalue weighted by Crippen LogP contribution is 2.43. The summed E-state index contributed by atoms with van der Waals surface area (Å²) in [6.07, 6.45) is 9.32. The van der Waals surface area contributed by atoms with Crippen molar-refractivity contribution in [1.82, 2.24) is 10.6 Å². The molecule has 66 heavy (non-hydrogen) atoms. The lowest BCUT2D eigenvalue weighted by Crippen LogP contribution is -2.49. The lowest BCUT2D eigenvalue weighted by molar-refractivity contribution is 0.0600. The number of amides is 2. The van der Waals surface area contributed by atoms with E-state index in [4.69, 9.17) is 15.2 Å². The van der Waals surface area contributed by atoms with Crippen LogP contribution in [0.25, 0.3) is 17.7 Å². The summed E-state index contributed by atoms with van der Waals surface area (Å²) in [6, 6.07) is 29.0. The van der Waals surface area contributed by atoms with E-state index in [1.54, 1.807) is 12.1 Å². The van der Waals surface area contributed by atoms with E-state index in [0.29, 0.717) is 53.9 Å². The molecule has 0 bridgehead atoms. The van der Waals surface area contributed by atoms with E-state index < -0.39 is 14.0 Å². The minimum Gasteiger partial charge on any atom is -0.465 e. The second kappa shape index (κ2) is 17.3. The van der Waals surface area contributed by atoms with Crippen molar-refractivity contribution >= 4 is 65.9 Å². The van der Waals surface area contributed by atoms with E-state index in [1.807, 2.05) is 86.7 Å². The first kappa shape index (κ1) is 44.0. The molecule has 10 nitrogen and oxygen atoms in total. The van der Waals surface area contributed by atoms with Crippen LogP contribution >= 0.6 is 0 Å². The van der Waals surface area contributed by atoms with Gasteiger partial charge in [-0.1, -0.05) is 56.1 Å². The van der Waals surface area contributed by atoms with E-state index in [-0.39, 0.29) is 29.5 Å². The Hall–Kier alpha value is -7.24. The van der Waals surface area contributed by atoms with Crippen LogP contribution in [-0.2, 0) is 4.74 Å². The topological polar surface area (TPSA) is 135 Å². The number of nitrogens with two attached hydrogens (primary N) is 1. The first-order valence-electron chi connectivity index (χ1n) is 22.5. The second-order valence-electron chi connectivity index (χ2n) is 18.4. The van der Waals surface area contributed by atoms with E-state index in [1.165, 1.54) is 28.6 Å². The van der Waals surface area contributed by atoms with Gasteiger partial charge in [0.2, 0.25) is 0 Å². The van der Waals surface area contributed by atoms with Gasteiger partial charge in [0.05, 0.1) is 18.4 Å². The summed E-state index contributed by atoms with van der Waals surface area (Å²) in [5, 5.41) is 10.7. The number of carbonyl (C=O) groups is 3. The Kier molecular flexibility index (Phi) is 11.5. The summed E-state index contributed by atoms with van der Waals surface area (Å²) < 4.78 is 11.7. The molecule has 2 heterocycles. The van der Waals surface area contributed by atoms with Gasteiger partial charge in [0.1, 0.15) is 19.6 Å². The molecule has 0 saturated heterocycles. The van der Waals surface area contributed by atoms with E-state index in [0.717, 1.165) is 55.4 Å². The fourth-order valence-electron chi connectivity index (χ4n) is 9.96. The molecule has 1 saturated carbocycles. The zero-order valence-electron chi connectivity index (χ0n) is 38.6. The normalized spacial score (nSPS) is 18.5. The average molecular weight is 894 g/mol. The lowest BCUT2D eigenvalue weighted by atomic mass is 9.87. The molecular formula is C55H55N5O5Si. The minimum atomic E-state index is -2.10. The number of nitrogens with one attached hydrogen (secondary N) is 2. The third kappa shape index (κ3) is 7.97. The van der Waals surface area contributed by atoms with Crippen molar-refractivity contribution < 1.29 is 23.9 Å². The van der Waals surface area contributed by atoms with Gasteiger partial charge < -0.3 is 30.7 Å². The van der Waals surface area contributed by atoms with Crippen LogP contribution in [0.3, 0.4) is 0 Å². The van der Waals surface area contributed by atoms with E-state index in [9.17, 15) is 14.4 Å². The third-order valence-corrected chi connectivity index (χ3v) is 17.1. The lowest BCUT2D eigenvalue weighted by Gasteiger charge is -2.38. The van der Waals surface area contributed by atoms with Crippen molar-refractivity contribution in [3.05, 3.63) is 175 Å². The molecule has 9 rings (SSSR count). The van der Waals surface area contributed by atoms with Crippen molar-refractivity contribution in [3.8, 4) is 11.5 Å². The van der Waals surface area contributed by atoms with Crippen LogP contribution in [0.2, 0.25) is 13.1 Å². The van der Waals surface area contributed by atoms with Gasteiger partial charge >= 0.3 is 5.97 Å². The monoisotopic (exact) mass is 893 g/mol. The number of aryl methyl sites for hydroxylation is 1. The number of allylic oxidation sites excluding steroid dienone is 5. The Morgan fingerprint density at radius 3 is 2.08 bits per heavy atom. The highest BCUT2D eigenvalue weighted by Gasteiger charge is 2.40. The standard InChI is InChI=1S/C55H55N5O5Si/c1-31-9-19-42-47(25-31)65-48-30-39(60(4)5)18-24-43(48)52(42)41-21-11-34(27-46(41)55(63)64-6)54(62)59-37-15-13-36(14-16-37)58-53(61)33-10-20-40(32(2)26-33)51-44-22-12-35(56)28-49(44)66(7,8)50-29-38(57-3)17-23-45(50)51/h9-12,17-30,36-37H,1,13-16,56H2,2-8H3,(H,58,61)(H,59,62). The van der Waals surface area contributed by atoms with E-state index >= 15 is 0 Å². The zero-order valence-corrected chi connectivity index (χ0v) is 39.6. The molecule has 0 atom stereocenters. The van der Waals surface area contributed by atoms with Gasteiger partial charge in [0.25, 0.3) is 11.8 Å². The van der Waals surface area contributed by atoms with Crippen LogP contribution in [0, 0.1) is 6.92 Å². The van der Waals surface area contributed by atoms with Crippen molar-refractivity contribution in [2.24, 2.45) is 4.99 Å². The molecule has 11 heteroatoms. The maximum absolute atomic E-state index is 13.8. The first-order valence-corrected chi connectivity index (χ1v) is 25.5. The predicted octanol–water partition coefficient (Wildman–Crippen LogP) is 7.50. The molecular weight excluding hydrogens is 839 g/mol. The predicted molar refractivity (Wildman–Crippen MR) is 268 cm³/mol. The van der Waals surface area contributed by atoms with Crippen molar-refractivity contribution in [1.29, 1.82) is 0 Å². The average Bonchev–Trinajstić information content (AvgIpc) is 3.31. The maximum atomic E-state index is 13.8. The molecule has 2 aliphatic carbocycles. The van der Waals surface area contributed by atoms with Crippen LogP contribution in [0.4, 0.5) is 11.4 Å². The fourth-order valence-corrected chi connectivity index (χ4v) is 13.1. The molecule has 0 unspecified atom stereocenters. The summed E-state index contributed by atoms with van der Waals surface area (Å²) in [4.78, 5) is 47.6. The summed E-state index contributed by atoms with van der Waals surface area (Å²) in [5.74, 6) is 0.336. The SMILES string of the molecule is C=c1ccc2c(c1)Oc1cc(N(C)C)ccc1C=2c1ccc(C(=O)NC2CCC(NC(=O)c3ccc(C4=C5C=CC(=NC)C=C5[Si](C)(C)c5cc(N)ccc54)c(C)c3)CC2)cc1C(=O)OC. The van der Waals surface area contributed by atoms with Crippen LogP contribution < -0.4 is 41.6 Å². The summed E-state index contributed by atoms with van der Waals surface area (Å²) in [5.41, 5.74) is 18.2. The third-order valence-electron chi connectivity index (χ3n) is 13.6. The molecule has 5 aromatic carbocycles. The van der Waals surface area contributed by atoms with Gasteiger partial charge in [-0.15, -0.1) is 0 Å². The smallest absolute Gasteiger partial charge is 0.338 e. The number of ether oxygens (including phenoxy) is 2. The molecule has 0 radical (unpaired) electrons. The van der Waals surface area contributed by atoms with Crippen molar-refractivity contribution in [2.75, 3.05) is 38.9 Å². The van der Waals surface area contributed by atoms with Gasteiger partial charge in [-0.2, -0.15) is 0 Å². The molecule has 334 valence electrons. The Morgan fingerprint density at radius 1 is 0.773 bits per heavy atom. The van der Waals surface area contributed by atoms with Gasteiger partial charge in [-0.25, -0.2) is 4.79 Å². The maximum Gasteiger partial charge on any atom is 0.338 e. The summed E-state index contributed by atoms with van der Waals surface area (Å²) in [6.45, 7) is 10.9. The molecule has 4 N–H and O–H groups in total. The highest BCUT2D eigenvalue weighted by molar-refractivity contribution is 6.98. The van der Waals surface area contributed by atoms with Gasteiger partial charge in [0, 0.05) is 78.1 Å². The number of aliphatic imine (C=N–C) groups is 1. The largest absolute Gasteiger partial charge is 0.465 e. The van der Waals surface area contributed by atoms with Gasteiger partial charge in [0.15, 0.2) is 0 Å². The number of hydrogen-bond acceptors (Lipinski definition) is 8. The van der Waals surface area contributed by atoms with Crippen LogP contribution in [0.15, 0.2) is 125 Å². The number of methoxy groups -OCH3 is 1. The fraction of sp³-hybridized carbons (Fsp3) is 0.236. The molecule has 2 aliphatic heterocycles. The first-order chi connectivity index (χ1) is 31.6. The molecule has 4 aliphatic rings. The Balaban J connectivity index is 0.898. The summed E-state index contributed by atoms with van der Waals surface area (Å²) >= 11 is 0. The number of fused-ring (bicyclic) bond motifs is 4. The van der Waals surface area contributed by atoms with Crippen LogP contribution in [-0.4, -0.2) is 71.9 Å². The van der Waals surface area contributed by atoms with Crippen LogP contribution in [0.5, 0.6) is 11.5 Å². The number of esters is 1. The Labute approximate surface area is 386 Å². The van der Waals surface area contributed by atoms with Crippen molar-refractivity contribution in [2.45, 2.75) is 57.8 Å². The Bertz CT molecular complexity index is 3130. The zero-order chi connectivity index (χ0) is 46.6. The quantitative estimate of drug-likeness (QED) is 0.0819. The second-order valence-corrected chi connectivity index (χ2v) is 22.7. The van der Waals surface area contributed by atoms with E-state index in [2.05, 4.69) is 78.6 Å². The number of hydrogen-bond donors (Lipinski definition) is 3. The van der Waals surface area contributed by atoms with Gasteiger partial charge in [-0.05, 0) is 148 Å². The number of nitrogens with zero attached hydrogens (tertiary/aromatic N) is 2. The molecule has 2 amide bonds. The van der Waals surface area contributed by atoms with Gasteiger partial charge in [-0.3, -0.25) is 14.6 Å². The minimum absolute atomic E-state index is 0.0335. The number of nitrogen functional groups attached to an aromatic ring is 1. The number of anilines is 2. The van der Waals surface area contributed by atoms with Crippen molar-refractivity contribution in [3.63, 3.8) is 0 Å². The number of rotatable bonds is 8. The van der Waals surface area contributed by atoms with Crippen LogP contribution in [0.1, 0.15) is 84.6 Å².